The van der Waals surface area contributed by atoms with Crippen molar-refractivity contribution < 1.29 is 9.21 Å². The van der Waals surface area contributed by atoms with Crippen LogP contribution in [0.1, 0.15) is 35.7 Å². The number of carbonyl (C=O) groups is 1. The third-order valence-electron chi connectivity index (χ3n) is 3.85. The molecule has 1 aliphatic heterocycles. The topological polar surface area (TPSA) is 45.5 Å². The van der Waals surface area contributed by atoms with Crippen molar-refractivity contribution in [1.82, 2.24) is 5.32 Å². The number of rotatable bonds is 2. The number of hydrogen-bond acceptors (Lipinski definition) is 3. The van der Waals surface area contributed by atoms with Gasteiger partial charge in [-0.25, -0.2) is 0 Å². The van der Waals surface area contributed by atoms with Crippen LogP contribution in [-0.2, 0) is 13.0 Å². The van der Waals surface area contributed by atoms with Crippen molar-refractivity contribution in [3.05, 3.63) is 53.5 Å². The molecular formula is C17H20N2O2. The van der Waals surface area contributed by atoms with Gasteiger partial charge in [0.05, 0.1) is 0 Å². The van der Waals surface area contributed by atoms with Crippen LogP contribution < -0.4 is 10.2 Å². The Labute approximate surface area is 124 Å². The van der Waals surface area contributed by atoms with Crippen LogP contribution in [0, 0.1) is 0 Å². The lowest BCUT2D eigenvalue weighted by atomic mass is 10.1. The Morgan fingerprint density at radius 3 is 2.90 bits per heavy atom. The SMILES string of the molecule is CCc1ccc(C(=O)N2CC(C)NCc3ccccc32)o1. The molecule has 0 bridgehead atoms. The van der Waals surface area contributed by atoms with Gasteiger partial charge in [0, 0.05) is 31.2 Å². The summed E-state index contributed by atoms with van der Waals surface area (Å²) in [4.78, 5) is 14.6. The van der Waals surface area contributed by atoms with Crippen LogP contribution in [0.4, 0.5) is 5.69 Å². The molecule has 0 saturated heterocycles. The number of hydrogen-bond donors (Lipinski definition) is 1. The van der Waals surface area contributed by atoms with E-state index in [1.54, 1.807) is 6.07 Å². The van der Waals surface area contributed by atoms with E-state index in [0.29, 0.717) is 12.3 Å². The standard InChI is InChI=1S/C17H20N2O2/c1-3-14-8-9-16(21-14)17(20)19-11-12(2)18-10-13-6-4-5-7-15(13)19/h4-9,12,18H,3,10-11H2,1-2H3. The monoisotopic (exact) mass is 284 g/mol. The normalized spacial score (nSPS) is 18.2. The first-order valence-electron chi connectivity index (χ1n) is 7.41. The smallest absolute Gasteiger partial charge is 0.294 e. The molecule has 0 fully saturated rings. The second-order valence-electron chi connectivity index (χ2n) is 5.45. The summed E-state index contributed by atoms with van der Waals surface area (Å²) >= 11 is 0. The molecule has 3 rings (SSSR count). The summed E-state index contributed by atoms with van der Waals surface area (Å²) in [5, 5.41) is 3.43. The van der Waals surface area contributed by atoms with Crippen molar-refractivity contribution in [2.45, 2.75) is 32.9 Å². The van der Waals surface area contributed by atoms with Crippen molar-refractivity contribution in [2.75, 3.05) is 11.4 Å². The lowest BCUT2D eigenvalue weighted by molar-refractivity contribution is 0.0957. The molecule has 1 amide bonds. The van der Waals surface area contributed by atoms with Crippen LogP contribution in [0.25, 0.3) is 0 Å². The van der Waals surface area contributed by atoms with E-state index in [0.717, 1.165) is 30.0 Å². The van der Waals surface area contributed by atoms with E-state index in [2.05, 4.69) is 18.3 Å². The zero-order chi connectivity index (χ0) is 14.8. The lowest BCUT2D eigenvalue weighted by Crippen LogP contribution is -2.39. The average molecular weight is 284 g/mol. The highest BCUT2D eigenvalue weighted by Gasteiger charge is 2.26. The maximum absolute atomic E-state index is 12.8. The van der Waals surface area contributed by atoms with Gasteiger partial charge in [-0.2, -0.15) is 0 Å². The largest absolute Gasteiger partial charge is 0.456 e. The van der Waals surface area contributed by atoms with Crippen molar-refractivity contribution in [1.29, 1.82) is 0 Å². The van der Waals surface area contributed by atoms with E-state index < -0.39 is 0 Å². The van der Waals surface area contributed by atoms with Crippen molar-refractivity contribution >= 4 is 11.6 Å². The van der Waals surface area contributed by atoms with E-state index in [-0.39, 0.29) is 11.9 Å². The quantitative estimate of drug-likeness (QED) is 0.922. The predicted molar refractivity (Wildman–Crippen MR) is 82.5 cm³/mol. The first-order chi connectivity index (χ1) is 10.2. The van der Waals surface area contributed by atoms with Crippen molar-refractivity contribution in [3.8, 4) is 0 Å². The maximum Gasteiger partial charge on any atom is 0.294 e. The average Bonchev–Trinajstić information content (AvgIpc) is 2.92. The molecule has 21 heavy (non-hydrogen) atoms. The number of amides is 1. The molecule has 4 nitrogen and oxygen atoms in total. The highest BCUT2D eigenvalue weighted by atomic mass is 16.4. The Morgan fingerprint density at radius 1 is 1.33 bits per heavy atom. The number of furan rings is 1. The first-order valence-corrected chi connectivity index (χ1v) is 7.41. The summed E-state index contributed by atoms with van der Waals surface area (Å²) in [6, 6.07) is 11.9. The molecule has 0 saturated carbocycles. The van der Waals surface area contributed by atoms with E-state index >= 15 is 0 Å². The van der Waals surface area contributed by atoms with Crippen LogP contribution in [0.15, 0.2) is 40.8 Å². The van der Waals surface area contributed by atoms with Crippen molar-refractivity contribution in [3.63, 3.8) is 0 Å². The molecule has 1 aliphatic rings. The fourth-order valence-corrected chi connectivity index (χ4v) is 2.65. The van der Waals surface area contributed by atoms with Gasteiger partial charge in [0.1, 0.15) is 5.76 Å². The third-order valence-corrected chi connectivity index (χ3v) is 3.85. The zero-order valence-corrected chi connectivity index (χ0v) is 12.4. The van der Waals surface area contributed by atoms with Crippen LogP contribution in [-0.4, -0.2) is 18.5 Å². The van der Waals surface area contributed by atoms with Gasteiger partial charge in [0.2, 0.25) is 0 Å². The van der Waals surface area contributed by atoms with Crippen molar-refractivity contribution in [2.24, 2.45) is 0 Å². The summed E-state index contributed by atoms with van der Waals surface area (Å²) in [5.41, 5.74) is 2.10. The molecule has 0 radical (unpaired) electrons. The van der Waals surface area contributed by atoms with Gasteiger partial charge in [0.25, 0.3) is 5.91 Å². The Hall–Kier alpha value is -2.07. The van der Waals surface area contributed by atoms with Gasteiger partial charge in [-0.15, -0.1) is 0 Å². The summed E-state index contributed by atoms with van der Waals surface area (Å²) in [5.74, 6) is 1.18. The first kappa shape index (κ1) is 13.9. The molecule has 110 valence electrons. The number of nitrogens with zero attached hydrogens (tertiary/aromatic N) is 1. The number of aryl methyl sites for hydroxylation is 1. The van der Waals surface area contributed by atoms with Crippen LogP contribution in [0.5, 0.6) is 0 Å². The molecule has 1 atom stereocenters. The molecule has 1 aromatic carbocycles. The van der Waals surface area contributed by atoms with Crippen LogP contribution in [0.3, 0.4) is 0 Å². The summed E-state index contributed by atoms with van der Waals surface area (Å²) in [6.45, 7) is 5.52. The third kappa shape index (κ3) is 2.72. The Bertz CT molecular complexity index is 648. The maximum atomic E-state index is 12.8. The lowest BCUT2D eigenvalue weighted by Gasteiger charge is -2.23. The molecule has 0 spiro atoms. The minimum atomic E-state index is -0.0716. The fraction of sp³-hybridized carbons (Fsp3) is 0.353. The Balaban J connectivity index is 1.97. The predicted octanol–water partition coefficient (Wildman–Crippen LogP) is 2.98. The molecular weight excluding hydrogens is 264 g/mol. The van der Waals surface area contributed by atoms with Crippen LogP contribution >= 0.6 is 0 Å². The number of anilines is 1. The van der Waals surface area contributed by atoms with Crippen LogP contribution in [0.2, 0.25) is 0 Å². The van der Waals surface area contributed by atoms with E-state index in [9.17, 15) is 4.79 Å². The summed E-state index contributed by atoms with van der Waals surface area (Å²) in [6.07, 6.45) is 0.793. The Kier molecular flexibility index (Phi) is 3.80. The highest BCUT2D eigenvalue weighted by Crippen LogP contribution is 2.25. The second kappa shape index (κ2) is 5.74. The van der Waals surface area contributed by atoms with Gasteiger partial charge >= 0.3 is 0 Å². The number of para-hydroxylation sites is 1. The minimum absolute atomic E-state index is 0.0716. The number of carbonyl (C=O) groups excluding carboxylic acids is 1. The molecule has 1 aromatic heterocycles. The highest BCUT2D eigenvalue weighted by molar-refractivity contribution is 6.04. The van der Waals surface area contributed by atoms with E-state index in [1.165, 1.54) is 0 Å². The molecule has 4 heteroatoms. The molecule has 0 aliphatic carbocycles. The molecule has 1 N–H and O–H groups in total. The number of nitrogens with one attached hydrogen (secondary N) is 1. The second-order valence-corrected chi connectivity index (χ2v) is 5.45. The number of fused-ring (bicyclic) bond motifs is 1. The van der Waals surface area contributed by atoms with Gasteiger partial charge in [-0.05, 0) is 30.7 Å². The Morgan fingerprint density at radius 2 is 2.14 bits per heavy atom. The number of benzene rings is 1. The van der Waals surface area contributed by atoms with Gasteiger partial charge in [-0.1, -0.05) is 25.1 Å². The minimum Gasteiger partial charge on any atom is -0.456 e. The van der Waals surface area contributed by atoms with Gasteiger partial charge < -0.3 is 14.6 Å². The fourth-order valence-electron chi connectivity index (χ4n) is 2.65. The molecule has 1 unspecified atom stereocenters. The molecule has 2 heterocycles. The van der Waals surface area contributed by atoms with E-state index in [4.69, 9.17) is 4.42 Å². The zero-order valence-electron chi connectivity index (χ0n) is 12.4. The van der Waals surface area contributed by atoms with E-state index in [1.807, 2.05) is 36.1 Å². The van der Waals surface area contributed by atoms with Gasteiger partial charge in [-0.3, -0.25) is 4.79 Å². The summed E-state index contributed by atoms with van der Waals surface area (Å²) in [7, 11) is 0. The van der Waals surface area contributed by atoms with Gasteiger partial charge in [0.15, 0.2) is 5.76 Å². The molecule has 2 aromatic rings. The summed E-state index contributed by atoms with van der Waals surface area (Å²) < 4.78 is 5.63.